The van der Waals surface area contributed by atoms with Gasteiger partial charge in [0.15, 0.2) is 0 Å². The standard InChI is InChI=1S/C8H17NO3/c1-2-4-11-5-3-6-12-7-8(9)10/h2-7H2,1H3,(H2,9,10). The fourth-order valence-electron chi connectivity index (χ4n) is 0.682. The number of hydrogen-bond acceptors (Lipinski definition) is 3. The van der Waals surface area contributed by atoms with E-state index in [1.807, 2.05) is 0 Å². The van der Waals surface area contributed by atoms with Crippen molar-refractivity contribution >= 4 is 5.91 Å². The Kier molecular flexibility index (Phi) is 8.05. The lowest BCUT2D eigenvalue weighted by Gasteiger charge is -2.02. The summed E-state index contributed by atoms with van der Waals surface area (Å²) >= 11 is 0. The van der Waals surface area contributed by atoms with Crippen LogP contribution in [0.25, 0.3) is 0 Å². The minimum atomic E-state index is -0.426. The molecule has 0 spiro atoms. The Bertz CT molecular complexity index is 117. The molecular weight excluding hydrogens is 158 g/mol. The topological polar surface area (TPSA) is 61.6 Å². The molecule has 0 aromatic rings. The number of carbonyl (C=O) groups is 1. The van der Waals surface area contributed by atoms with Gasteiger partial charge < -0.3 is 15.2 Å². The van der Waals surface area contributed by atoms with Crippen LogP contribution in [0.4, 0.5) is 0 Å². The Morgan fingerprint density at radius 3 is 2.50 bits per heavy atom. The van der Waals surface area contributed by atoms with Crippen molar-refractivity contribution in [1.29, 1.82) is 0 Å². The molecule has 0 rings (SSSR count). The second kappa shape index (κ2) is 8.49. The molecule has 0 saturated heterocycles. The summed E-state index contributed by atoms with van der Waals surface area (Å²) in [5.41, 5.74) is 4.86. The second-order valence-electron chi connectivity index (χ2n) is 2.48. The molecule has 0 fully saturated rings. The van der Waals surface area contributed by atoms with Gasteiger partial charge in [-0.1, -0.05) is 6.92 Å². The van der Waals surface area contributed by atoms with Crippen LogP contribution in [-0.2, 0) is 14.3 Å². The maximum absolute atomic E-state index is 10.2. The fourth-order valence-corrected chi connectivity index (χ4v) is 0.682. The second-order valence-corrected chi connectivity index (χ2v) is 2.48. The summed E-state index contributed by atoms with van der Waals surface area (Å²) in [7, 11) is 0. The average Bonchev–Trinajstić information content (AvgIpc) is 2.02. The molecule has 4 heteroatoms. The number of primary amides is 1. The highest BCUT2D eigenvalue weighted by atomic mass is 16.5. The lowest BCUT2D eigenvalue weighted by molar-refractivity contribution is -0.122. The van der Waals surface area contributed by atoms with E-state index >= 15 is 0 Å². The van der Waals surface area contributed by atoms with Crippen molar-refractivity contribution < 1.29 is 14.3 Å². The van der Waals surface area contributed by atoms with E-state index in [1.165, 1.54) is 0 Å². The Morgan fingerprint density at radius 2 is 1.92 bits per heavy atom. The van der Waals surface area contributed by atoms with Gasteiger partial charge in [-0.3, -0.25) is 4.79 Å². The molecule has 4 nitrogen and oxygen atoms in total. The molecule has 1 amide bonds. The Balaban J connectivity index is 2.86. The number of amides is 1. The normalized spacial score (nSPS) is 10.1. The highest BCUT2D eigenvalue weighted by molar-refractivity contribution is 5.74. The molecule has 0 unspecified atom stereocenters. The maximum atomic E-state index is 10.2. The number of ether oxygens (including phenoxy) is 2. The summed E-state index contributed by atoms with van der Waals surface area (Å²) in [6.45, 7) is 4.08. The highest BCUT2D eigenvalue weighted by Gasteiger charge is 1.93. The minimum absolute atomic E-state index is 0.00772. The molecule has 0 bridgehead atoms. The first-order chi connectivity index (χ1) is 5.77. The van der Waals surface area contributed by atoms with Crippen molar-refractivity contribution in [1.82, 2.24) is 0 Å². The van der Waals surface area contributed by atoms with Crippen molar-refractivity contribution in [2.24, 2.45) is 5.73 Å². The van der Waals surface area contributed by atoms with Gasteiger partial charge in [-0.15, -0.1) is 0 Å². The van der Waals surface area contributed by atoms with E-state index in [1.54, 1.807) is 0 Å². The van der Waals surface area contributed by atoms with Crippen molar-refractivity contribution in [3.8, 4) is 0 Å². The van der Waals surface area contributed by atoms with Crippen LogP contribution in [0.2, 0.25) is 0 Å². The fraction of sp³-hybridized carbons (Fsp3) is 0.875. The van der Waals surface area contributed by atoms with Gasteiger partial charge in [0.2, 0.25) is 5.91 Å². The lowest BCUT2D eigenvalue weighted by atomic mass is 10.5. The van der Waals surface area contributed by atoms with Gasteiger partial charge in [0, 0.05) is 19.8 Å². The van der Waals surface area contributed by atoms with Gasteiger partial charge in [-0.25, -0.2) is 0 Å². The number of rotatable bonds is 8. The molecule has 0 saturated carbocycles. The van der Waals surface area contributed by atoms with E-state index in [-0.39, 0.29) is 6.61 Å². The summed E-state index contributed by atoms with van der Waals surface area (Å²) in [6, 6.07) is 0. The van der Waals surface area contributed by atoms with Crippen LogP contribution < -0.4 is 5.73 Å². The van der Waals surface area contributed by atoms with Crippen LogP contribution in [0, 0.1) is 0 Å². The summed E-state index contributed by atoms with van der Waals surface area (Å²) in [4.78, 5) is 10.2. The van der Waals surface area contributed by atoms with Gasteiger partial charge >= 0.3 is 0 Å². The van der Waals surface area contributed by atoms with E-state index in [0.717, 1.165) is 19.4 Å². The average molecular weight is 175 g/mol. The molecule has 72 valence electrons. The van der Waals surface area contributed by atoms with Crippen LogP contribution in [0.15, 0.2) is 0 Å². The zero-order valence-corrected chi connectivity index (χ0v) is 7.54. The monoisotopic (exact) mass is 175 g/mol. The molecule has 0 aromatic heterocycles. The molecule has 0 atom stereocenters. The van der Waals surface area contributed by atoms with Crippen LogP contribution in [0.5, 0.6) is 0 Å². The first-order valence-electron chi connectivity index (χ1n) is 4.21. The summed E-state index contributed by atoms with van der Waals surface area (Å²) < 4.78 is 10.1. The lowest BCUT2D eigenvalue weighted by Crippen LogP contribution is -2.18. The molecule has 0 radical (unpaired) electrons. The Labute approximate surface area is 73.0 Å². The van der Waals surface area contributed by atoms with Crippen molar-refractivity contribution in [2.75, 3.05) is 26.4 Å². The van der Waals surface area contributed by atoms with Gasteiger partial charge in [0.05, 0.1) is 0 Å². The SMILES string of the molecule is CCCOCCCOCC(N)=O. The predicted molar refractivity (Wildman–Crippen MR) is 45.7 cm³/mol. The molecule has 0 aliphatic rings. The number of nitrogens with two attached hydrogens (primary N) is 1. The molecule has 0 aromatic carbocycles. The van der Waals surface area contributed by atoms with Crippen LogP contribution in [-0.4, -0.2) is 32.3 Å². The third-order valence-corrected chi connectivity index (χ3v) is 1.17. The van der Waals surface area contributed by atoms with Crippen LogP contribution >= 0.6 is 0 Å². The van der Waals surface area contributed by atoms with Crippen LogP contribution in [0.3, 0.4) is 0 Å². The molecule has 0 heterocycles. The largest absolute Gasteiger partial charge is 0.381 e. The van der Waals surface area contributed by atoms with E-state index in [2.05, 4.69) is 6.92 Å². The molecule has 0 aliphatic heterocycles. The van der Waals surface area contributed by atoms with Gasteiger partial charge in [-0.05, 0) is 12.8 Å². The Hall–Kier alpha value is -0.610. The number of carbonyl (C=O) groups excluding carboxylic acids is 1. The quantitative estimate of drug-likeness (QED) is 0.540. The van der Waals surface area contributed by atoms with Gasteiger partial charge in [0.1, 0.15) is 6.61 Å². The summed E-state index contributed by atoms with van der Waals surface area (Å²) in [5, 5.41) is 0. The minimum Gasteiger partial charge on any atom is -0.381 e. The van der Waals surface area contributed by atoms with Crippen molar-refractivity contribution in [2.45, 2.75) is 19.8 Å². The first kappa shape index (κ1) is 11.4. The van der Waals surface area contributed by atoms with Crippen LogP contribution in [0.1, 0.15) is 19.8 Å². The third kappa shape index (κ3) is 9.39. The zero-order valence-electron chi connectivity index (χ0n) is 7.54. The van der Waals surface area contributed by atoms with Crippen molar-refractivity contribution in [3.63, 3.8) is 0 Å². The molecular formula is C8H17NO3. The third-order valence-electron chi connectivity index (χ3n) is 1.17. The maximum Gasteiger partial charge on any atom is 0.243 e. The summed E-state index contributed by atoms with van der Waals surface area (Å²) in [5.74, 6) is -0.426. The van der Waals surface area contributed by atoms with E-state index in [4.69, 9.17) is 15.2 Å². The summed E-state index contributed by atoms with van der Waals surface area (Å²) in [6.07, 6.45) is 1.84. The van der Waals surface area contributed by atoms with E-state index in [0.29, 0.717) is 13.2 Å². The smallest absolute Gasteiger partial charge is 0.243 e. The van der Waals surface area contributed by atoms with Gasteiger partial charge in [0.25, 0.3) is 0 Å². The molecule has 0 aliphatic carbocycles. The predicted octanol–water partition coefficient (Wildman–Crippen LogP) is 0.305. The van der Waals surface area contributed by atoms with Gasteiger partial charge in [-0.2, -0.15) is 0 Å². The highest BCUT2D eigenvalue weighted by Crippen LogP contribution is 1.86. The Morgan fingerprint density at radius 1 is 1.25 bits per heavy atom. The van der Waals surface area contributed by atoms with E-state index < -0.39 is 5.91 Å². The van der Waals surface area contributed by atoms with Crippen molar-refractivity contribution in [3.05, 3.63) is 0 Å². The zero-order chi connectivity index (χ0) is 9.23. The van der Waals surface area contributed by atoms with E-state index in [9.17, 15) is 4.79 Å². The first-order valence-corrected chi connectivity index (χ1v) is 4.21. The molecule has 12 heavy (non-hydrogen) atoms. The molecule has 2 N–H and O–H groups in total. The number of hydrogen-bond donors (Lipinski definition) is 1.